The second-order valence-corrected chi connectivity index (χ2v) is 12.6. The summed E-state index contributed by atoms with van der Waals surface area (Å²) >= 11 is 0. The maximum atomic E-state index is 12.7. The molecule has 0 saturated carbocycles. The summed E-state index contributed by atoms with van der Waals surface area (Å²) in [6, 6.07) is 42.8. The molecule has 6 nitrogen and oxygen atoms in total. The van der Waals surface area contributed by atoms with Crippen LogP contribution in [-0.2, 0) is 19.2 Å². The molecule has 1 aliphatic carbocycles. The van der Waals surface area contributed by atoms with Crippen LogP contribution in [0.25, 0.3) is 11.1 Å². The van der Waals surface area contributed by atoms with E-state index >= 15 is 0 Å². The molecule has 0 N–H and O–H groups in total. The van der Waals surface area contributed by atoms with Crippen molar-refractivity contribution in [3.05, 3.63) is 150 Å². The molecule has 0 radical (unpaired) electrons. The minimum atomic E-state index is -3.27. The minimum Gasteiger partial charge on any atom is -0.491 e. The van der Waals surface area contributed by atoms with Crippen molar-refractivity contribution >= 4 is 7.60 Å². The van der Waals surface area contributed by atoms with Crippen LogP contribution in [0.15, 0.2) is 127 Å². The lowest BCUT2D eigenvalue weighted by molar-refractivity contribution is 0.146. The van der Waals surface area contributed by atoms with Crippen molar-refractivity contribution < 1.29 is 27.8 Å². The number of hydrogen-bond acceptors (Lipinski definition) is 6. The lowest BCUT2D eigenvalue weighted by Crippen LogP contribution is -2.28. The van der Waals surface area contributed by atoms with E-state index < -0.39 is 13.0 Å². The molecule has 5 aromatic rings. The van der Waals surface area contributed by atoms with Gasteiger partial charge in [-0.25, -0.2) is 4.57 Å². The van der Waals surface area contributed by atoms with Crippen LogP contribution in [0.1, 0.15) is 22.3 Å². The molecule has 7 heteroatoms. The number of rotatable bonds is 13. The van der Waals surface area contributed by atoms with E-state index in [2.05, 4.69) is 72.8 Å². The molecule has 0 amide bonds. The number of fused-ring (bicyclic) bond motifs is 3. The molecule has 0 heterocycles. The highest BCUT2D eigenvalue weighted by atomic mass is 31.2. The van der Waals surface area contributed by atoms with Crippen LogP contribution in [0.2, 0.25) is 0 Å². The van der Waals surface area contributed by atoms with E-state index in [-0.39, 0.29) is 13.2 Å². The van der Waals surface area contributed by atoms with E-state index in [1.807, 2.05) is 42.5 Å². The predicted molar refractivity (Wildman–Crippen MR) is 173 cm³/mol. The van der Waals surface area contributed by atoms with E-state index in [9.17, 15) is 4.57 Å². The lowest BCUT2D eigenvalue weighted by Gasteiger charge is -2.34. The van der Waals surface area contributed by atoms with Crippen molar-refractivity contribution in [3.63, 3.8) is 0 Å². The van der Waals surface area contributed by atoms with Gasteiger partial charge in [0.25, 0.3) is 0 Å². The number of ether oxygens (including phenoxy) is 3. The number of hydrogen-bond donors (Lipinski definition) is 0. The van der Waals surface area contributed by atoms with E-state index in [1.165, 1.54) is 28.9 Å². The Morgan fingerprint density at radius 3 is 1.55 bits per heavy atom. The van der Waals surface area contributed by atoms with Gasteiger partial charge in [0.1, 0.15) is 30.5 Å². The molecule has 6 rings (SSSR count). The molecule has 0 aliphatic heterocycles. The summed E-state index contributed by atoms with van der Waals surface area (Å²) in [4.78, 5) is 0. The molecule has 0 aromatic heterocycles. The van der Waals surface area contributed by atoms with Crippen molar-refractivity contribution in [2.45, 2.75) is 5.41 Å². The van der Waals surface area contributed by atoms with Crippen molar-refractivity contribution in [3.8, 4) is 28.4 Å². The first-order chi connectivity index (χ1) is 21.5. The summed E-state index contributed by atoms with van der Waals surface area (Å²) in [5.74, 6) is 2.01. The zero-order chi connectivity index (χ0) is 30.4. The minimum absolute atomic E-state index is 0.131. The topological polar surface area (TPSA) is 63.2 Å². The molecule has 1 aliphatic rings. The molecule has 1 atom stereocenters. The van der Waals surface area contributed by atoms with Gasteiger partial charge in [-0.05, 0) is 69.8 Å². The maximum absolute atomic E-state index is 12.7. The second kappa shape index (κ2) is 13.1. The second-order valence-electron chi connectivity index (χ2n) is 10.6. The zero-order valence-corrected chi connectivity index (χ0v) is 25.7. The Balaban J connectivity index is 1.25. The summed E-state index contributed by atoms with van der Waals surface area (Å²) in [6.45, 7) is 2.85. The van der Waals surface area contributed by atoms with Gasteiger partial charge >= 0.3 is 7.60 Å². The predicted octanol–water partition coefficient (Wildman–Crippen LogP) is 8.37. The molecule has 0 fully saturated rings. The maximum Gasteiger partial charge on any atom is 0.376 e. The highest BCUT2D eigenvalue weighted by Crippen LogP contribution is 2.56. The van der Waals surface area contributed by atoms with Gasteiger partial charge in [0.2, 0.25) is 0 Å². The third-order valence-corrected chi connectivity index (χ3v) is 8.97. The van der Waals surface area contributed by atoms with Crippen LogP contribution < -0.4 is 14.0 Å². The van der Waals surface area contributed by atoms with Crippen LogP contribution in [0, 0.1) is 0 Å². The molecule has 5 aromatic carbocycles. The summed E-state index contributed by atoms with van der Waals surface area (Å²) in [7, 11) is -1.60. The van der Waals surface area contributed by atoms with Gasteiger partial charge in [0, 0.05) is 13.8 Å². The van der Waals surface area contributed by atoms with E-state index in [0.29, 0.717) is 24.7 Å². The monoisotopic (exact) mass is 606 g/mol. The standard InChI is InChI=1S/C37H35O6P/c1-39-24-25-40-30-20-16-28(17-21-30)37(35-14-8-6-12-33(35)34-13-7-9-15-36(34)37)29-18-22-31(23-19-29)41-26-27-42-44(2,38)43-32-10-4-3-5-11-32/h3-23H,24-27H2,1-2H3. The molecule has 224 valence electrons. The van der Waals surface area contributed by atoms with Crippen molar-refractivity contribution in [1.29, 1.82) is 0 Å². The fraction of sp³-hybridized carbons (Fsp3) is 0.189. The van der Waals surface area contributed by atoms with Gasteiger partial charge in [0.15, 0.2) is 0 Å². The molecule has 44 heavy (non-hydrogen) atoms. The summed E-state index contributed by atoms with van der Waals surface area (Å²) in [5.41, 5.74) is 6.66. The van der Waals surface area contributed by atoms with Crippen LogP contribution in [-0.4, -0.2) is 40.2 Å². The Labute approximate surface area is 258 Å². The third-order valence-electron chi connectivity index (χ3n) is 7.78. The van der Waals surface area contributed by atoms with Gasteiger partial charge < -0.3 is 18.7 Å². The van der Waals surface area contributed by atoms with E-state index in [0.717, 1.165) is 16.9 Å². The van der Waals surface area contributed by atoms with E-state index in [1.54, 1.807) is 19.2 Å². The Hall–Kier alpha value is -4.35. The zero-order valence-electron chi connectivity index (χ0n) is 24.8. The first-order valence-corrected chi connectivity index (χ1v) is 16.6. The molecule has 1 unspecified atom stereocenters. The summed E-state index contributed by atoms with van der Waals surface area (Å²) in [6.07, 6.45) is 0. The highest BCUT2D eigenvalue weighted by molar-refractivity contribution is 7.53. The molecule has 0 spiro atoms. The molecule has 0 bridgehead atoms. The van der Waals surface area contributed by atoms with Gasteiger partial charge in [-0.2, -0.15) is 0 Å². The molecular weight excluding hydrogens is 571 g/mol. The smallest absolute Gasteiger partial charge is 0.376 e. The fourth-order valence-corrected chi connectivity index (χ4v) is 6.89. The normalized spacial score (nSPS) is 14.2. The average Bonchev–Trinajstić information content (AvgIpc) is 3.35. The van der Waals surface area contributed by atoms with Crippen molar-refractivity contribution in [2.75, 3.05) is 40.2 Å². The van der Waals surface area contributed by atoms with E-state index in [4.69, 9.17) is 23.3 Å². The quantitative estimate of drug-likeness (QED) is 0.0973. The highest BCUT2D eigenvalue weighted by Gasteiger charge is 2.45. The van der Waals surface area contributed by atoms with Crippen LogP contribution in [0.4, 0.5) is 0 Å². The van der Waals surface area contributed by atoms with Crippen molar-refractivity contribution in [1.82, 2.24) is 0 Å². The Bertz CT molecular complexity index is 1690. The number of methoxy groups -OCH3 is 1. The number of benzene rings is 5. The van der Waals surface area contributed by atoms with Gasteiger partial charge in [-0.15, -0.1) is 0 Å². The average molecular weight is 607 g/mol. The first kappa shape index (κ1) is 29.7. The number of para-hydroxylation sites is 1. The third kappa shape index (κ3) is 6.02. The Morgan fingerprint density at radius 2 is 1.02 bits per heavy atom. The largest absolute Gasteiger partial charge is 0.491 e. The summed E-state index contributed by atoms with van der Waals surface area (Å²) in [5, 5.41) is 0. The van der Waals surface area contributed by atoms with Crippen LogP contribution >= 0.6 is 7.60 Å². The molecule has 0 saturated heterocycles. The Morgan fingerprint density at radius 1 is 0.545 bits per heavy atom. The van der Waals surface area contributed by atoms with Crippen LogP contribution in [0.3, 0.4) is 0 Å². The lowest BCUT2D eigenvalue weighted by atomic mass is 9.68. The van der Waals surface area contributed by atoms with Crippen molar-refractivity contribution in [2.24, 2.45) is 0 Å². The SMILES string of the molecule is COCCOc1ccc(C2(c3ccc(OCCOP(C)(=O)Oc4ccccc4)cc3)c3ccccc3-c3ccccc32)cc1. The first-order valence-electron chi connectivity index (χ1n) is 14.6. The fourth-order valence-electron chi connectivity index (χ4n) is 5.93. The van der Waals surface area contributed by atoms with Crippen LogP contribution in [0.5, 0.6) is 17.2 Å². The summed E-state index contributed by atoms with van der Waals surface area (Å²) < 4.78 is 40.8. The van der Waals surface area contributed by atoms with Gasteiger partial charge in [-0.1, -0.05) is 91.0 Å². The van der Waals surface area contributed by atoms with Gasteiger partial charge in [-0.3, -0.25) is 4.52 Å². The molecular formula is C37H35O6P. The van der Waals surface area contributed by atoms with Gasteiger partial charge in [0.05, 0.1) is 18.6 Å². The Kier molecular flexibility index (Phi) is 8.85.